The predicted molar refractivity (Wildman–Crippen MR) is 72.3 cm³/mol. The van der Waals surface area contributed by atoms with E-state index in [9.17, 15) is 10.1 Å². The molecule has 20 heavy (non-hydrogen) atoms. The van der Waals surface area contributed by atoms with E-state index in [1.54, 1.807) is 24.3 Å². The number of fused-ring (bicyclic) bond motifs is 1. The molecule has 0 saturated carbocycles. The molecule has 0 aliphatic carbocycles. The van der Waals surface area contributed by atoms with E-state index in [2.05, 4.69) is 4.98 Å². The number of aromatic nitrogens is 2. The van der Waals surface area contributed by atoms with Gasteiger partial charge in [-0.15, -0.1) is 0 Å². The molecule has 0 fully saturated rings. The molecule has 0 radical (unpaired) electrons. The zero-order valence-corrected chi connectivity index (χ0v) is 12.4. The Morgan fingerprint density at radius 3 is 2.55 bits per heavy atom. The van der Waals surface area contributed by atoms with Gasteiger partial charge in [-0.3, -0.25) is 10.1 Å². The predicted octanol–water partition coefficient (Wildman–Crippen LogP) is 0.567. The molecule has 0 aliphatic rings. The van der Waals surface area contributed by atoms with Gasteiger partial charge < -0.3 is 21.4 Å². The number of non-ortho nitro benzene ring substituents is 1. The number of nitro groups is 1. The SMILES string of the molecule is O=[N+]([O-])c1ccc(-c2cn3ccc(Cl)cc3n2)cc1.[Br-]. The van der Waals surface area contributed by atoms with Crippen molar-refractivity contribution in [3.8, 4) is 11.3 Å². The minimum atomic E-state index is -0.423. The molecule has 3 rings (SSSR count). The Kier molecular flexibility index (Phi) is 4.06. The third kappa shape index (κ3) is 2.66. The summed E-state index contributed by atoms with van der Waals surface area (Å²) in [6, 6.07) is 9.83. The van der Waals surface area contributed by atoms with Crippen LogP contribution in [0.2, 0.25) is 5.02 Å². The van der Waals surface area contributed by atoms with E-state index in [1.165, 1.54) is 12.1 Å². The molecule has 0 atom stereocenters. The Morgan fingerprint density at radius 1 is 1.20 bits per heavy atom. The van der Waals surface area contributed by atoms with Crippen molar-refractivity contribution in [3.05, 3.63) is 63.9 Å². The fraction of sp³-hybridized carbons (Fsp3) is 0. The maximum Gasteiger partial charge on any atom is 0.269 e. The van der Waals surface area contributed by atoms with Crippen molar-refractivity contribution in [1.82, 2.24) is 9.38 Å². The van der Waals surface area contributed by atoms with Crippen molar-refractivity contribution < 1.29 is 21.9 Å². The summed E-state index contributed by atoms with van der Waals surface area (Å²) in [6.07, 6.45) is 3.67. The van der Waals surface area contributed by atoms with E-state index in [0.717, 1.165) is 16.9 Å². The van der Waals surface area contributed by atoms with Gasteiger partial charge in [0, 0.05) is 41.2 Å². The Bertz CT molecular complexity index is 771. The first-order valence-electron chi connectivity index (χ1n) is 5.52. The van der Waals surface area contributed by atoms with Gasteiger partial charge >= 0.3 is 0 Å². The van der Waals surface area contributed by atoms with Crippen LogP contribution < -0.4 is 17.0 Å². The van der Waals surface area contributed by atoms with Crippen LogP contribution in [0.4, 0.5) is 5.69 Å². The van der Waals surface area contributed by atoms with E-state index in [4.69, 9.17) is 11.6 Å². The van der Waals surface area contributed by atoms with Crippen LogP contribution in [0.15, 0.2) is 48.8 Å². The van der Waals surface area contributed by atoms with Crippen molar-refractivity contribution in [2.24, 2.45) is 0 Å². The van der Waals surface area contributed by atoms with Crippen molar-refractivity contribution in [3.63, 3.8) is 0 Å². The highest BCUT2D eigenvalue weighted by Gasteiger charge is 2.08. The Morgan fingerprint density at radius 2 is 1.90 bits per heavy atom. The average molecular weight is 354 g/mol. The quantitative estimate of drug-likeness (QED) is 0.500. The van der Waals surface area contributed by atoms with Gasteiger partial charge in [-0.05, 0) is 18.2 Å². The Labute approximate surface area is 129 Å². The lowest BCUT2D eigenvalue weighted by Crippen LogP contribution is -3.00. The maximum absolute atomic E-state index is 10.6. The second kappa shape index (κ2) is 5.60. The molecule has 0 amide bonds. The molecule has 102 valence electrons. The highest BCUT2D eigenvalue weighted by molar-refractivity contribution is 6.30. The summed E-state index contributed by atoms with van der Waals surface area (Å²) in [7, 11) is 0. The lowest BCUT2D eigenvalue weighted by Gasteiger charge is -1.95. The van der Waals surface area contributed by atoms with Crippen molar-refractivity contribution in [1.29, 1.82) is 0 Å². The number of halogens is 2. The average Bonchev–Trinajstić information content (AvgIpc) is 2.81. The second-order valence-corrected chi connectivity index (χ2v) is 4.48. The summed E-state index contributed by atoms with van der Waals surface area (Å²) >= 11 is 5.90. The van der Waals surface area contributed by atoms with Crippen LogP contribution in [0.1, 0.15) is 0 Å². The number of benzene rings is 1. The van der Waals surface area contributed by atoms with Gasteiger partial charge in [-0.2, -0.15) is 0 Å². The molecule has 0 bridgehead atoms. The number of nitro benzene ring substituents is 1. The monoisotopic (exact) mass is 352 g/mol. The fourth-order valence-electron chi connectivity index (χ4n) is 1.85. The molecule has 2 heterocycles. The fourth-order valence-corrected chi connectivity index (χ4v) is 2.00. The molecule has 1 aromatic carbocycles. The van der Waals surface area contributed by atoms with E-state index in [-0.39, 0.29) is 22.7 Å². The second-order valence-electron chi connectivity index (χ2n) is 4.04. The minimum absolute atomic E-state index is 0. The minimum Gasteiger partial charge on any atom is -1.00 e. The summed E-state index contributed by atoms with van der Waals surface area (Å²) in [5.74, 6) is 0. The summed E-state index contributed by atoms with van der Waals surface area (Å²) in [5.41, 5.74) is 2.37. The number of nitrogens with zero attached hydrogens (tertiary/aromatic N) is 3. The van der Waals surface area contributed by atoms with Crippen LogP contribution in [0.5, 0.6) is 0 Å². The molecule has 7 heteroatoms. The number of hydrogen-bond acceptors (Lipinski definition) is 3. The normalized spacial score (nSPS) is 10.2. The lowest BCUT2D eigenvalue weighted by molar-refractivity contribution is -0.384. The molecule has 3 aromatic rings. The molecule has 2 aromatic heterocycles. The van der Waals surface area contributed by atoms with Gasteiger partial charge in [0.25, 0.3) is 5.69 Å². The molecular weight excluding hydrogens is 346 g/mol. The van der Waals surface area contributed by atoms with Crippen molar-refractivity contribution >= 4 is 22.9 Å². The Balaban J connectivity index is 0.00000147. The van der Waals surface area contributed by atoms with E-state index >= 15 is 0 Å². The molecular formula is C13H8BrClN3O2-. The van der Waals surface area contributed by atoms with Gasteiger partial charge in [-0.1, -0.05) is 11.6 Å². The van der Waals surface area contributed by atoms with Crippen LogP contribution in [-0.4, -0.2) is 14.3 Å². The first-order valence-corrected chi connectivity index (χ1v) is 5.90. The molecule has 0 aliphatic heterocycles. The molecule has 0 spiro atoms. The van der Waals surface area contributed by atoms with Crippen LogP contribution >= 0.6 is 11.6 Å². The van der Waals surface area contributed by atoms with Gasteiger partial charge in [0.15, 0.2) is 0 Å². The third-order valence-electron chi connectivity index (χ3n) is 2.80. The maximum atomic E-state index is 10.6. The van der Waals surface area contributed by atoms with Gasteiger partial charge in [0.05, 0.1) is 10.6 Å². The lowest BCUT2D eigenvalue weighted by atomic mass is 10.1. The Hall–Kier alpha value is -1.92. The first kappa shape index (κ1) is 14.5. The number of pyridine rings is 1. The van der Waals surface area contributed by atoms with E-state index in [1.807, 2.05) is 16.8 Å². The first-order chi connectivity index (χ1) is 9.13. The topological polar surface area (TPSA) is 60.4 Å². The standard InChI is InChI=1S/C13H8ClN3O2.BrH/c14-10-5-6-16-8-12(15-13(16)7-10)9-1-3-11(4-2-9)17(18)19;/h1-8H;1H/p-1. The summed E-state index contributed by atoms with van der Waals surface area (Å²) in [4.78, 5) is 14.6. The van der Waals surface area contributed by atoms with Crippen LogP contribution in [-0.2, 0) is 0 Å². The summed E-state index contributed by atoms with van der Waals surface area (Å²) in [6.45, 7) is 0. The molecule has 0 unspecified atom stereocenters. The number of rotatable bonds is 2. The van der Waals surface area contributed by atoms with Gasteiger partial charge in [0.2, 0.25) is 0 Å². The van der Waals surface area contributed by atoms with Gasteiger partial charge in [0.1, 0.15) is 5.65 Å². The zero-order chi connectivity index (χ0) is 13.4. The highest BCUT2D eigenvalue weighted by atomic mass is 79.9. The largest absolute Gasteiger partial charge is 1.00 e. The number of imidazole rings is 1. The summed E-state index contributed by atoms with van der Waals surface area (Å²) < 4.78 is 1.85. The molecule has 0 N–H and O–H groups in total. The highest BCUT2D eigenvalue weighted by Crippen LogP contribution is 2.23. The summed E-state index contributed by atoms with van der Waals surface area (Å²) in [5, 5.41) is 11.2. The van der Waals surface area contributed by atoms with Crippen LogP contribution in [0.25, 0.3) is 16.9 Å². The number of hydrogen-bond donors (Lipinski definition) is 0. The van der Waals surface area contributed by atoms with E-state index < -0.39 is 4.92 Å². The molecule has 0 saturated heterocycles. The smallest absolute Gasteiger partial charge is 0.269 e. The van der Waals surface area contributed by atoms with E-state index in [0.29, 0.717) is 5.02 Å². The van der Waals surface area contributed by atoms with Crippen molar-refractivity contribution in [2.75, 3.05) is 0 Å². The third-order valence-corrected chi connectivity index (χ3v) is 3.03. The molecule has 5 nitrogen and oxygen atoms in total. The van der Waals surface area contributed by atoms with Crippen LogP contribution in [0.3, 0.4) is 0 Å². The van der Waals surface area contributed by atoms with Crippen LogP contribution in [0, 0.1) is 10.1 Å². The van der Waals surface area contributed by atoms with Crippen molar-refractivity contribution in [2.45, 2.75) is 0 Å². The zero-order valence-electron chi connectivity index (χ0n) is 10.0. The van der Waals surface area contributed by atoms with Gasteiger partial charge in [-0.25, -0.2) is 4.98 Å².